The summed E-state index contributed by atoms with van der Waals surface area (Å²) in [6.07, 6.45) is -6.04. The van der Waals surface area contributed by atoms with Crippen molar-refractivity contribution in [2.45, 2.75) is 17.2 Å². The Labute approximate surface area is 217 Å². The molecule has 1 aliphatic heterocycles. The summed E-state index contributed by atoms with van der Waals surface area (Å²) in [6, 6.07) is 17.1. The van der Waals surface area contributed by atoms with Crippen LogP contribution in [0.15, 0.2) is 83.8 Å². The minimum absolute atomic E-state index is 0.0322. The van der Waals surface area contributed by atoms with Crippen LogP contribution in [0.5, 0.6) is 0 Å². The van der Waals surface area contributed by atoms with E-state index in [1.165, 1.54) is 28.6 Å². The van der Waals surface area contributed by atoms with Gasteiger partial charge in [0.05, 0.1) is 29.2 Å². The summed E-state index contributed by atoms with van der Waals surface area (Å²) < 4.78 is 76.4. The van der Waals surface area contributed by atoms with E-state index in [0.29, 0.717) is 5.56 Å². The summed E-state index contributed by atoms with van der Waals surface area (Å²) in [5.41, 5.74) is -0.651. The molecular formula is C26H23F3N2O6S. The van der Waals surface area contributed by atoms with E-state index < -0.39 is 39.7 Å². The summed E-state index contributed by atoms with van der Waals surface area (Å²) in [4.78, 5) is 25.9. The number of anilines is 1. The van der Waals surface area contributed by atoms with Crippen molar-refractivity contribution < 1.29 is 40.7 Å². The van der Waals surface area contributed by atoms with Crippen molar-refractivity contribution in [2.75, 3.05) is 31.6 Å². The van der Waals surface area contributed by atoms with Gasteiger partial charge in [-0.3, -0.25) is 4.79 Å². The fourth-order valence-corrected chi connectivity index (χ4v) is 5.20. The van der Waals surface area contributed by atoms with E-state index in [9.17, 15) is 31.2 Å². The molecule has 3 aromatic rings. The lowest BCUT2D eigenvalue weighted by Gasteiger charge is -2.26. The number of nitrogens with zero attached hydrogens (tertiary/aromatic N) is 1. The van der Waals surface area contributed by atoms with Gasteiger partial charge in [0, 0.05) is 24.3 Å². The zero-order chi connectivity index (χ0) is 27.3. The highest BCUT2D eigenvalue weighted by Gasteiger charge is 2.31. The van der Waals surface area contributed by atoms with E-state index in [4.69, 9.17) is 9.47 Å². The lowest BCUT2D eigenvalue weighted by atomic mass is 10.1. The van der Waals surface area contributed by atoms with E-state index in [1.54, 1.807) is 30.3 Å². The highest BCUT2D eigenvalue weighted by atomic mass is 32.2. The van der Waals surface area contributed by atoms with Gasteiger partial charge < -0.3 is 14.8 Å². The summed E-state index contributed by atoms with van der Waals surface area (Å²) in [5.74, 6) is -1.79. The smallest absolute Gasteiger partial charge is 0.416 e. The minimum atomic E-state index is -4.57. The maximum Gasteiger partial charge on any atom is 0.416 e. The lowest BCUT2D eigenvalue weighted by molar-refractivity contribution is -0.137. The molecule has 0 aromatic heterocycles. The third-order valence-corrected chi connectivity index (χ3v) is 7.62. The first-order chi connectivity index (χ1) is 18.1. The first-order valence-corrected chi connectivity index (χ1v) is 12.9. The Hall–Kier alpha value is -3.74. The normalized spacial score (nSPS) is 15.4. The number of ether oxygens (including phenoxy) is 2. The molecule has 1 unspecified atom stereocenters. The zero-order valence-corrected chi connectivity index (χ0v) is 20.7. The van der Waals surface area contributed by atoms with Gasteiger partial charge in [-0.05, 0) is 42.5 Å². The number of hydrogen-bond acceptors (Lipinski definition) is 6. The van der Waals surface area contributed by atoms with Crippen molar-refractivity contribution in [3.05, 3.63) is 95.6 Å². The molecule has 8 nitrogen and oxygen atoms in total. The van der Waals surface area contributed by atoms with Gasteiger partial charge in [-0.1, -0.05) is 36.4 Å². The van der Waals surface area contributed by atoms with Gasteiger partial charge >= 0.3 is 12.1 Å². The number of rotatable bonds is 7. The van der Waals surface area contributed by atoms with Gasteiger partial charge in [0.1, 0.15) is 0 Å². The highest BCUT2D eigenvalue weighted by Crippen LogP contribution is 2.30. The molecule has 3 aromatic carbocycles. The van der Waals surface area contributed by atoms with Crippen molar-refractivity contribution in [3.63, 3.8) is 0 Å². The Kier molecular flexibility index (Phi) is 8.14. The van der Waals surface area contributed by atoms with E-state index >= 15 is 0 Å². The second-order valence-electron chi connectivity index (χ2n) is 8.30. The van der Waals surface area contributed by atoms with Crippen LogP contribution in [0.4, 0.5) is 18.9 Å². The van der Waals surface area contributed by atoms with Crippen molar-refractivity contribution in [3.8, 4) is 0 Å². The number of hydrogen-bond donors (Lipinski definition) is 1. The van der Waals surface area contributed by atoms with Gasteiger partial charge in [-0.2, -0.15) is 17.5 Å². The number of benzene rings is 3. The Morgan fingerprint density at radius 2 is 1.58 bits per heavy atom. The van der Waals surface area contributed by atoms with Crippen LogP contribution in [-0.4, -0.2) is 50.9 Å². The molecule has 1 aliphatic rings. The quantitative estimate of drug-likeness (QED) is 0.443. The number of halogens is 3. The number of sulfonamides is 1. The third kappa shape index (κ3) is 6.39. The fourth-order valence-electron chi connectivity index (χ4n) is 3.75. The standard InChI is InChI=1S/C26H23F3N2O6S/c27-26(28,29)20-11-9-19(10-12-20)25(33)37-23(18-5-2-1-3-6-18)24(32)30-21-7-4-8-22(17-21)38(34,35)31-13-15-36-16-14-31/h1-12,17,23H,13-16H2,(H,30,32). The Morgan fingerprint density at radius 1 is 0.921 bits per heavy atom. The average Bonchev–Trinajstić information content (AvgIpc) is 2.92. The zero-order valence-electron chi connectivity index (χ0n) is 19.9. The van der Waals surface area contributed by atoms with Crippen molar-refractivity contribution >= 4 is 27.6 Å². The van der Waals surface area contributed by atoms with Crippen LogP contribution in [0.1, 0.15) is 27.6 Å². The van der Waals surface area contributed by atoms with E-state index in [2.05, 4.69) is 5.32 Å². The molecule has 200 valence electrons. The number of alkyl halides is 3. The summed E-state index contributed by atoms with van der Waals surface area (Å²) in [7, 11) is -3.83. The number of amides is 1. The van der Waals surface area contributed by atoms with E-state index in [-0.39, 0.29) is 42.4 Å². The van der Waals surface area contributed by atoms with Crippen LogP contribution in [0.25, 0.3) is 0 Å². The number of carbonyl (C=O) groups is 2. The molecule has 0 aliphatic carbocycles. The second kappa shape index (κ2) is 11.3. The van der Waals surface area contributed by atoms with Gasteiger partial charge in [-0.15, -0.1) is 0 Å². The molecule has 1 heterocycles. The topological polar surface area (TPSA) is 102 Å². The molecular weight excluding hydrogens is 525 g/mol. The van der Waals surface area contributed by atoms with Crippen LogP contribution in [0.2, 0.25) is 0 Å². The highest BCUT2D eigenvalue weighted by molar-refractivity contribution is 7.89. The third-order valence-electron chi connectivity index (χ3n) is 5.72. The molecule has 38 heavy (non-hydrogen) atoms. The van der Waals surface area contributed by atoms with Crippen LogP contribution >= 0.6 is 0 Å². The van der Waals surface area contributed by atoms with Crippen molar-refractivity contribution in [1.29, 1.82) is 0 Å². The molecule has 0 bridgehead atoms. The van der Waals surface area contributed by atoms with Gasteiger partial charge in [0.15, 0.2) is 0 Å². The van der Waals surface area contributed by atoms with Crippen molar-refractivity contribution in [2.24, 2.45) is 0 Å². The summed E-state index contributed by atoms with van der Waals surface area (Å²) in [6.45, 7) is 0.960. The molecule has 1 N–H and O–H groups in total. The fraction of sp³-hybridized carbons (Fsp3) is 0.231. The van der Waals surface area contributed by atoms with E-state index in [0.717, 1.165) is 24.3 Å². The monoisotopic (exact) mass is 548 g/mol. The van der Waals surface area contributed by atoms with Crippen LogP contribution in [0, 0.1) is 0 Å². The maximum atomic E-state index is 13.2. The van der Waals surface area contributed by atoms with Gasteiger partial charge in [-0.25, -0.2) is 13.2 Å². The Balaban J connectivity index is 1.55. The predicted molar refractivity (Wildman–Crippen MR) is 131 cm³/mol. The van der Waals surface area contributed by atoms with E-state index in [1.807, 2.05) is 0 Å². The van der Waals surface area contributed by atoms with Crippen LogP contribution in [-0.2, 0) is 30.5 Å². The first kappa shape index (κ1) is 27.3. The molecule has 0 spiro atoms. The summed E-state index contributed by atoms with van der Waals surface area (Å²) in [5, 5.41) is 2.57. The van der Waals surface area contributed by atoms with Gasteiger partial charge in [0.25, 0.3) is 5.91 Å². The number of carbonyl (C=O) groups excluding carboxylic acids is 2. The average molecular weight is 549 g/mol. The van der Waals surface area contributed by atoms with Gasteiger partial charge in [0.2, 0.25) is 16.1 Å². The molecule has 0 radical (unpaired) electrons. The number of morpholine rings is 1. The molecule has 12 heteroatoms. The predicted octanol–water partition coefficient (Wildman–Crippen LogP) is 4.26. The van der Waals surface area contributed by atoms with Crippen LogP contribution in [0.3, 0.4) is 0 Å². The van der Waals surface area contributed by atoms with Crippen LogP contribution < -0.4 is 5.32 Å². The largest absolute Gasteiger partial charge is 0.444 e. The summed E-state index contributed by atoms with van der Waals surface area (Å²) >= 11 is 0. The Bertz CT molecular complexity index is 1390. The molecule has 1 fully saturated rings. The molecule has 4 rings (SSSR count). The molecule has 1 atom stereocenters. The molecule has 1 amide bonds. The minimum Gasteiger partial charge on any atom is -0.444 e. The first-order valence-electron chi connectivity index (χ1n) is 11.5. The number of esters is 1. The number of nitrogens with one attached hydrogen (secondary N) is 1. The van der Waals surface area contributed by atoms with Crippen molar-refractivity contribution in [1.82, 2.24) is 4.31 Å². The lowest BCUT2D eigenvalue weighted by Crippen LogP contribution is -2.40. The molecule has 0 saturated carbocycles. The SMILES string of the molecule is O=C(OC(C(=O)Nc1cccc(S(=O)(=O)N2CCOCC2)c1)c1ccccc1)c1ccc(C(F)(F)F)cc1. The maximum absolute atomic E-state index is 13.2. The second-order valence-corrected chi connectivity index (χ2v) is 10.2. The molecule has 1 saturated heterocycles. The Morgan fingerprint density at radius 3 is 2.21 bits per heavy atom.